The Morgan fingerprint density at radius 1 is 1.22 bits per heavy atom. The molecule has 0 aromatic heterocycles. The van der Waals surface area contributed by atoms with Gasteiger partial charge in [0, 0.05) is 0 Å². The van der Waals surface area contributed by atoms with Crippen LogP contribution in [0.5, 0.6) is 11.5 Å². The minimum atomic E-state index is 0.254. The van der Waals surface area contributed by atoms with Gasteiger partial charge in [0.15, 0.2) is 0 Å². The summed E-state index contributed by atoms with van der Waals surface area (Å²) in [6.45, 7) is 4.78. The van der Waals surface area contributed by atoms with Crippen LogP contribution in [-0.2, 0) is 6.42 Å². The molecule has 3 aliphatic rings. The molecule has 2 N–H and O–H groups in total. The van der Waals surface area contributed by atoms with E-state index in [4.69, 9.17) is 0 Å². The van der Waals surface area contributed by atoms with Crippen molar-refractivity contribution in [1.82, 2.24) is 0 Å². The maximum atomic E-state index is 9.88. The molecule has 18 heavy (non-hydrogen) atoms. The van der Waals surface area contributed by atoms with E-state index in [-0.39, 0.29) is 5.75 Å². The molecule has 1 aromatic rings. The molecule has 3 saturated carbocycles. The van der Waals surface area contributed by atoms with E-state index in [0.717, 1.165) is 23.8 Å². The summed E-state index contributed by atoms with van der Waals surface area (Å²) < 4.78 is 0. The van der Waals surface area contributed by atoms with Crippen molar-refractivity contribution in [3.63, 3.8) is 0 Å². The monoisotopic (exact) mass is 246 g/mol. The van der Waals surface area contributed by atoms with Crippen molar-refractivity contribution in [3.8, 4) is 11.5 Å². The van der Waals surface area contributed by atoms with Crippen LogP contribution in [0.25, 0.3) is 0 Å². The second-order valence-electron chi connectivity index (χ2n) is 6.72. The Hall–Kier alpha value is -1.18. The maximum absolute atomic E-state index is 9.88. The number of phenolic OH excluding ortho intramolecular Hbond substituents is 2. The Kier molecular flexibility index (Phi) is 2.58. The van der Waals surface area contributed by atoms with Crippen molar-refractivity contribution in [2.45, 2.75) is 39.5 Å². The molecule has 4 rings (SSSR count). The molecular weight excluding hydrogens is 224 g/mol. The highest BCUT2D eigenvalue weighted by atomic mass is 16.3. The lowest BCUT2D eigenvalue weighted by Crippen LogP contribution is -2.52. The molecule has 2 bridgehead atoms. The normalized spacial score (nSPS) is 32.9. The summed E-state index contributed by atoms with van der Waals surface area (Å²) in [5.74, 6) is 2.95. The predicted octanol–water partition coefficient (Wildman–Crippen LogP) is 3.71. The standard InChI is InChI=1S/C16H22O2/c1-16(2)12-4-3-10(14(16)9-12)7-11-8-13(17)5-6-15(11)18/h5-6,8,10,12,14,17-18H,3-4,7,9H2,1-2H3/t10-,12+,14+/m1/s1. The molecule has 0 spiro atoms. The predicted molar refractivity (Wildman–Crippen MR) is 71.6 cm³/mol. The highest BCUT2D eigenvalue weighted by Gasteiger charge is 2.53. The van der Waals surface area contributed by atoms with E-state index in [1.165, 1.54) is 19.3 Å². The average Bonchev–Trinajstić information content (AvgIpc) is 2.34. The minimum Gasteiger partial charge on any atom is -0.508 e. The Labute approximate surface area is 109 Å². The number of benzene rings is 1. The van der Waals surface area contributed by atoms with Crippen LogP contribution in [-0.4, -0.2) is 10.2 Å². The van der Waals surface area contributed by atoms with Crippen LogP contribution in [0.2, 0.25) is 0 Å². The van der Waals surface area contributed by atoms with E-state index >= 15 is 0 Å². The van der Waals surface area contributed by atoms with Crippen LogP contribution < -0.4 is 0 Å². The fourth-order valence-corrected chi connectivity index (χ4v) is 4.22. The van der Waals surface area contributed by atoms with Crippen LogP contribution in [0.3, 0.4) is 0 Å². The van der Waals surface area contributed by atoms with Gasteiger partial charge in [0.05, 0.1) is 0 Å². The van der Waals surface area contributed by atoms with Crippen LogP contribution >= 0.6 is 0 Å². The maximum Gasteiger partial charge on any atom is 0.119 e. The van der Waals surface area contributed by atoms with Gasteiger partial charge in [-0.15, -0.1) is 0 Å². The second kappa shape index (κ2) is 3.91. The molecule has 1 aromatic carbocycles. The molecular formula is C16H22O2. The third-order valence-electron chi connectivity index (χ3n) is 5.55. The first-order chi connectivity index (χ1) is 8.48. The molecule has 3 aliphatic carbocycles. The van der Waals surface area contributed by atoms with Crippen molar-refractivity contribution in [1.29, 1.82) is 0 Å². The van der Waals surface area contributed by atoms with Crippen LogP contribution in [0.15, 0.2) is 18.2 Å². The lowest BCUT2D eigenvalue weighted by Gasteiger charge is -2.60. The first-order valence-corrected chi connectivity index (χ1v) is 6.99. The van der Waals surface area contributed by atoms with E-state index in [9.17, 15) is 10.2 Å². The number of hydrogen-bond acceptors (Lipinski definition) is 2. The van der Waals surface area contributed by atoms with Gasteiger partial charge < -0.3 is 10.2 Å². The molecule has 3 atom stereocenters. The van der Waals surface area contributed by atoms with Gasteiger partial charge in [-0.3, -0.25) is 0 Å². The molecule has 0 heterocycles. The molecule has 98 valence electrons. The van der Waals surface area contributed by atoms with Gasteiger partial charge in [0.2, 0.25) is 0 Å². The smallest absolute Gasteiger partial charge is 0.119 e. The Morgan fingerprint density at radius 3 is 2.67 bits per heavy atom. The molecule has 0 radical (unpaired) electrons. The highest BCUT2D eigenvalue weighted by molar-refractivity contribution is 5.39. The van der Waals surface area contributed by atoms with Gasteiger partial charge in [-0.2, -0.15) is 0 Å². The van der Waals surface area contributed by atoms with E-state index in [1.54, 1.807) is 18.2 Å². The Balaban J connectivity index is 1.79. The van der Waals surface area contributed by atoms with Crippen LogP contribution in [0.4, 0.5) is 0 Å². The number of fused-ring (bicyclic) bond motifs is 2. The summed E-state index contributed by atoms with van der Waals surface area (Å²) in [7, 11) is 0. The summed E-state index contributed by atoms with van der Waals surface area (Å²) in [6, 6.07) is 4.86. The van der Waals surface area contributed by atoms with Crippen molar-refractivity contribution in [2.75, 3.05) is 0 Å². The number of hydrogen-bond donors (Lipinski definition) is 2. The minimum absolute atomic E-state index is 0.254. The van der Waals surface area contributed by atoms with Gasteiger partial charge in [-0.25, -0.2) is 0 Å². The zero-order valence-corrected chi connectivity index (χ0v) is 11.2. The van der Waals surface area contributed by atoms with Gasteiger partial charge >= 0.3 is 0 Å². The SMILES string of the molecule is CC1(C)[C@H]2CC[C@H](Cc3cc(O)ccc3O)[C@@H]1C2. The first kappa shape index (κ1) is 11.9. The third kappa shape index (κ3) is 1.70. The lowest BCUT2D eigenvalue weighted by atomic mass is 9.45. The molecule has 2 heteroatoms. The second-order valence-corrected chi connectivity index (χ2v) is 6.72. The summed E-state index contributed by atoms with van der Waals surface area (Å²) in [5.41, 5.74) is 1.39. The van der Waals surface area contributed by atoms with Gasteiger partial charge in [-0.1, -0.05) is 13.8 Å². The third-order valence-corrected chi connectivity index (χ3v) is 5.55. The summed E-state index contributed by atoms with van der Waals surface area (Å²) in [4.78, 5) is 0. The quantitative estimate of drug-likeness (QED) is 0.781. The van der Waals surface area contributed by atoms with Crippen molar-refractivity contribution >= 4 is 0 Å². The fourth-order valence-electron chi connectivity index (χ4n) is 4.22. The zero-order valence-electron chi connectivity index (χ0n) is 11.2. The highest BCUT2D eigenvalue weighted by Crippen LogP contribution is 2.62. The van der Waals surface area contributed by atoms with Gasteiger partial charge in [0.25, 0.3) is 0 Å². The largest absolute Gasteiger partial charge is 0.508 e. The first-order valence-electron chi connectivity index (χ1n) is 6.99. The van der Waals surface area contributed by atoms with Crippen molar-refractivity contribution < 1.29 is 10.2 Å². The van der Waals surface area contributed by atoms with Gasteiger partial charge in [-0.05, 0) is 72.6 Å². The van der Waals surface area contributed by atoms with E-state index in [1.807, 2.05) is 0 Å². The van der Waals surface area contributed by atoms with E-state index < -0.39 is 0 Å². The number of aromatic hydroxyl groups is 2. The summed E-state index contributed by atoms with van der Waals surface area (Å²) in [5, 5.41) is 19.4. The van der Waals surface area contributed by atoms with Crippen molar-refractivity contribution in [3.05, 3.63) is 23.8 Å². The fraction of sp³-hybridized carbons (Fsp3) is 0.625. The lowest BCUT2D eigenvalue weighted by molar-refractivity contribution is -0.104. The number of rotatable bonds is 2. The van der Waals surface area contributed by atoms with Crippen LogP contribution in [0, 0.1) is 23.2 Å². The summed E-state index contributed by atoms with van der Waals surface area (Å²) >= 11 is 0. The topological polar surface area (TPSA) is 40.5 Å². The Morgan fingerprint density at radius 2 is 2.00 bits per heavy atom. The zero-order chi connectivity index (χ0) is 12.9. The molecule has 0 amide bonds. The molecule has 3 fully saturated rings. The molecule has 0 aliphatic heterocycles. The van der Waals surface area contributed by atoms with E-state index in [2.05, 4.69) is 13.8 Å². The van der Waals surface area contributed by atoms with Crippen molar-refractivity contribution in [2.24, 2.45) is 23.2 Å². The molecule has 0 unspecified atom stereocenters. The van der Waals surface area contributed by atoms with E-state index in [0.29, 0.717) is 17.1 Å². The summed E-state index contributed by atoms with van der Waals surface area (Å²) in [6.07, 6.45) is 4.86. The average molecular weight is 246 g/mol. The Bertz CT molecular complexity index is 462. The number of phenols is 2. The van der Waals surface area contributed by atoms with Gasteiger partial charge in [0.1, 0.15) is 11.5 Å². The molecule has 2 nitrogen and oxygen atoms in total. The van der Waals surface area contributed by atoms with Crippen LogP contribution in [0.1, 0.15) is 38.7 Å². The molecule has 0 saturated heterocycles.